The van der Waals surface area contributed by atoms with Gasteiger partial charge in [0.15, 0.2) is 11.6 Å². The average molecular weight is 360 g/mol. The highest BCUT2D eigenvalue weighted by molar-refractivity contribution is 5.79. The minimum atomic E-state index is -0.922. The molecule has 4 nitrogen and oxygen atoms in total. The van der Waals surface area contributed by atoms with Gasteiger partial charge in [-0.25, -0.2) is 8.78 Å². The van der Waals surface area contributed by atoms with Gasteiger partial charge >= 0.3 is 0 Å². The van der Waals surface area contributed by atoms with Crippen LogP contribution < -0.4 is 5.73 Å². The molecule has 1 amide bonds. The van der Waals surface area contributed by atoms with E-state index in [0.29, 0.717) is 18.7 Å². The topological polar surface area (TPSA) is 55.6 Å². The number of rotatable bonds is 4. The molecule has 0 radical (unpaired) electrons. The van der Waals surface area contributed by atoms with Crippen LogP contribution in [-0.4, -0.2) is 30.5 Å². The minimum absolute atomic E-state index is 0.0720. The zero-order chi connectivity index (χ0) is 18.7. The Balaban J connectivity index is 1.70. The lowest BCUT2D eigenvalue weighted by molar-refractivity contribution is -0.143. The number of ether oxygens (including phenoxy) is 1. The number of carbonyl (C=O) groups excluding carboxylic acids is 1. The van der Waals surface area contributed by atoms with Gasteiger partial charge in [-0.2, -0.15) is 0 Å². The average Bonchev–Trinajstić information content (AvgIpc) is 2.69. The third kappa shape index (κ3) is 3.92. The van der Waals surface area contributed by atoms with E-state index >= 15 is 0 Å². The van der Waals surface area contributed by atoms with Crippen molar-refractivity contribution in [2.24, 2.45) is 11.7 Å². The third-order valence-corrected chi connectivity index (χ3v) is 4.81. The molecule has 1 aliphatic heterocycles. The van der Waals surface area contributed by atoms with E-state index in [2.05, 4.69) is 0 Å². The number of halogens is 2. The van der Waals surface area contributed by atoms with Crippen molar-refractivity contribution < 1.29 is 18.3 Å². The van der Waals surface area contributed by atoms with Crippen molar-refractivity contribution in [2.45, 2.75) is 19.1 Å². The van der Waals surface area contributed by atoms with Crippen LogP contribution in [0.15, 0.2) is 48.5 Å². The fourth-order valence-corrected chi connectivity index (χ4v) is 3.17. The van der Waals surface area contributed by atoms with Crippen molar-refractivity contribution in [3.63, 3.8) is 0 Å². The maximum Gasteiger partial charge on any atom is 0.227 e. The molecule has 1 fully saturated rings. The van der Waals surface area contributed by atoms with E-state index in [1.165, 1.54) is 6.07 Å². The molecule has 6 heteroatoms. The van der Waals surface area contributed by atoms with E-state index in [1.807, 2.05) is 37.3 Å². The highest BCUT2D eigenvalue weighted by Crippen LogP contribution is 2.27. The van der Waals surface area contributed by atoms with E-state index in [-0.39, 0.29) is 12.5 Å². The van der Waals surface area contributed by atoms with E-state index in [9.17, 15) is 13.6 Å². The fourth-order valence-electron chi connectivity index (χ4n) is 3.17. The third-order valence-electron chi connectivity index (χ3n) is 4.81. The second-order valence-electron chi connectivity index (χ2n) is 6.54. The first-order valence-electron chi connectivity index (χ1n) is 8.63. The van der Waals surface area contributed by atoms with Gasteiger partial charge in [-0.3, -0.25) is 4.79 Å². The Morgan fingerprint density at radius 3 is 2.62 bits per heavy atom. The second-order valence-corrected chi connectivity index (χ2v) is 6.54. The zero-order valence-corrected chi connectivity index (χ0v) is 14.6. The van der Waals surface area contributed by atoms with Gasteiger partial charge in [0.1, 0.15) is 6.10 Å². The van der Waals surface area contributed by atoms with Gasteiger partial charge in [0, 0.05) is 12.6 Å². The summed E-state index contributed by atoms with van der Waals surface area (Å²) in [4.78, 5) is 14.6. The first kappa shape index (κ1) is 18.5. The number of nitrogens with two attached hydrogens (primary N) is 1. The lowest BCUT2D eigenvalue weighted by atomic mass is 9.93. The first-order valence-corrected chi connectivity index (χ1v) is 8.63. The predicted molar refractivity (Wildman–Crippen MR) is 94.2 cm³/mol. The molecular formula is C20H22F2N2O2. The Kier molecular flexibility index (Phi) is 5.64. The molecule has 0 aromatic heterocycles. The van der Waals surface area contributed by atoms with Crippen LogP contribution >= 0.6 is 0 Å². The van der Waals surface area contributed by atoms with Crippen molar-refractivity contribution in [3.8, 4) is 0 Å². The Bertz CT molecular complexity index is 770. The molecule has 0 bridgehead atoms. The van der Waals surface area contributed by atoms with Crippen LogP contribution in [0.2, 0.25) is 0 Å². The number of benzene rings is 2. The molecule has 1 aliphatic rings. The van der Waals surface area contributed by atoms with Gasteiger partial charge in [-0.1, -0.05) is 43.3 Å². The van der Waals surface area contributed by atoms with Crippen LogP contribution in [0, 0.1) is 17.6 Å². The van der Waals surface area contributed by atoms with Gasteiger partial charge in [-0.05, 0) is 23.3 Å². The van der Waals surface area contributed by atoms with Crippen molar-refractivity contribution in [1.29, 1.82) is 0 Å². The summed E-state index contributed by atoms with van der Waals surface area (Å²) in [5.74, 6) is -2.30. The Morgan fingerprint density at radius 2 is 1.92 bits per heavy atom. The van der Waals surface area contributed by atoms with Crippen molar-refractivity contribution in [1.82, 2.24) is 4.90 Å². The largest absolute Gasteiger partial charge is 0.370 e. The molecule has 26 heavy (non-hydrogen) atoms. The molecular weight excluding hydrogens is 338 g/mol. The van der Waals surface area contributed by atoms with Crippen LogP contribution in [0.5, 0.6) is 0 Å². The summed E-state index contributed by atoms with van der Waals surface area (Å²) in [6.45, 7) is 2.88. The maximum absolute atomic E-state index is 13.5. The summed E-state index contributed by atoms with van der Waals surface area (Å²) >= 11 is 0. The Morgan fingerprint density at radius 1 is 1.19 bits per heavy atom. The number of nitrogens with zero attached hydrogens (tertiary/aromatic N) is 1. The van der Waals surface area contributed by atoms with Crippen LogP contribution in [0.1, 0.15) is 30.2 Å². The summed E-state index contributed by atoms with van der Waals surface area (Å²) in [6, 6.07) is 12.7. The van der Waals surface area contributed by atoms with Crippen molar-refractivity contribution in [3.05, 3.63) is 71.3 Å². The van der Waals surface area contributed by atoms with Crippen molar-refractivity contribution in [2.75, 3.05) is 19.7 Å². The Labute approximate surface area is 151 Å². The molecule has 2 N–H and O–H groups in total. The van der Waals surface area contributed by atoms with Crippen LogP contribution in [0.4, 0.5) is 8.78 Å². The van der Waals surface area contributed by atoms with Gasteiger partial charge in [0.05, 0.1) is 19.1 Å². The second kappa shape index (κ2) is 7.93. The maximum atomic E-state index is 13.5. The molecule has 1 saturated heterocycles. The number of hydrogen-bond donors (Lipinski definition) is 1. The summed E-state index contributed by atoms with van der Waals surface area (Å²) in [6.07, 6.45) is -0.483. The molecule has 0 saturated carbocycles. The molecule has 2 aromatic carbocycles. The first-order chi connectivity index (χ1) is 12.5. The summed E-state index contributed by atoms with van der Waals surface area (Å²) in [5, 5.41) is 0. The van der Waals surface area contributed by atoms with E-state index in [4.69, 9.17) is 10.5 Å². The number of hydrogen-bond acceptors (Lipinski definition) is 3. The zero-order valence-electron chi connectivity index (χ0n) is 14.6. The standard InChI is InChI=1S/C20H22F2N2O2/c1-13(19(23)14-5-3-2-4-6-14)20(25)24-9-10-26-18(12-24)15-7-8-16(21)17(22)11-15/h2-8,11,13,18-19H,9-10,12,23H2,1H3. The van der Waals surface area contributed by atoms with E-state index < -0.39 is 29.7 Å². The van der Waals surface area contributed by atoms with Gasteiger partial charge < -0.3 is 15.4 Å². The molecule has 3 rings (SSSR count). The molecule has 3 atom stereocenters. The lowest BCUT2D eigenvalue weighted by Gasteiger charge is -2.35. The van der Waals surface area contributed by atoms with E-state index in [0.717, 1.165) is 17.7 Å². The minimum Gasteiger partial charge on any atom is -0.370 e. The van der Waals surface area contributed by atoms with Gasteiger partial charge in [0.2, 0.25) is 5.91 Å². The number of morpholine rings is 1. The molecule has 0 aliphatic carbocycles. The summed E-state index contributed by atoms with van der Waals surface area (Å²) < 4.78 is 32.3. The molecule has 1 heterocycles. The molecule has 0 spiro atoms. The smallest absolute Gasteiger partial charge is 0.227 e. The molecule has 138 valence electrons. The summed E-state index contributed by atoms with van der Waals surface area (Å²) in [5.41, 5.74) is 7.68. The number of carbonyl (C=O) groups is 1. The highest BCUT2D eigenvalue weighted by Gasteiger charge is 2.31. The SMILES string of the molecule is CC(C(=O)N1CCOC(c2ccc(F)c(F)c2)C1)C(N)c1ccccc1. The normalized spacial score (nSPS) is 19.8. The summed E-state index contributed by atoms with van der Waals surface area (Å²) in [7, 11) is 0. The Hall–Kier alpha value is -2.31. The predicted octanol–water partition coefficient (Wildman–Crippen LogP) is 3.20. The highest BCUT2D eigenvalue weighted by atomic mass is 19.2. The van der Waals surface area contributed by atoms with E-state index in [1.54, 1.807) is 4.90 Å². The molecule has 2 aromatic rings. The monoisotopic (exact) mass is 360 g/mol. The van der Waals surface area contributed by atoms with Crippen molar-refractivity contribution >= 4 is 5.91 Å². The lowest BCUT2D eigenvalue weighted by Crippen LogP contribution is -2.46. The fraction of sp³-hybridized carbons (Fsp3) is 0.350. The van der Waals surface area contributed by atoms with Gasteiger partial charge in [-0.15, -0.1) is 0 Å². The molecule has 3 unspecified atom stereocenters. The van der Waals surface area contributed by atoms with Crippen LogP contribution in [-0.2, 0) is 9.53 Å². The quantitative estimate of drug-likeness (QED) is 0.911. The number of amides is 1. The van der Waals surface area contributed by atoms with Crippen LogP contribution in [0.3, 0.4) is 0 Å². The van der Waals surface area contributed by atoms with Crippen LogP contribution in [0.25, 0.3) is 0 Å². The van der Waals surface area contributed by atoms with Gasteiger partial charge in [0.25, 0.3) is 0 Å².